The standard InChI is InChI=1S/C22H20FN3O5S/c1-14(27)24-20-7-6-18(12-19(20)23)32(29,30)25-17-5-4-15-8-9-26(13-16(15)11-17)22(28)21-3-2-10-31-21/h2-7,10-12,25H,8-9,13H2,1H3,(H,24,27). The van der Waals surface area contributed by atoms with Crippen LogP contribution in [0.5, 0.6) is 0 Å². The van der Waals surface area contributed by atoms with Gasteiger partial charge in [0.25, 0.3) is 15.9 Å². The number of halogens is 1. The SMILES string of the molecule is CC(=O)Nc1ccc(S(=O)(=O)Nc2ccc3c(c2)CN(C(=O)c2ccco2)CC3)cc1F. The number of carbonyl (C=O) groups is 2. The molecule has 1 aliphatic heterocycles. The van der Waals surface area contributed by atoms with Crippen molar-refractivity contribution in [3.8, 4) is 0 Å². The third kappa shape index (κ3) is 4.50. The lowest BCUT2D eigenvalue weighted by Gasteiger charge is -2.28. The molecule has 0 aliphatic carbocycles. The Labute approximate surface area is 184 Å². The number of hydrogen-bond donors (Lipinski definition) is 2. The van der Waals surface area contributed by atoms with Gasteiger partial charge in [-0.3, -0.25) is 14.3 Å². The van der Waals surface area contributed by atoms with Crippen molar-refractivity contribution >= 4 is 33.2 Å². The van der Waals surface area contributed by atoms with Crippen LogP contribution in [0, 0.1) is 5.82 Å². The lowest BCUT2D eigenvalue weighted by atomic mass is 9.99. The fraction of sp³-hybridized carbons (Fsp3) is 0.182. The van der Waals surface area contributed by atoms with E-state index >= 15 is 0 Å². The van der Waals surface area contributed by atoms with Crippen LogP contribution in [0.25, 0.3) is 0 Å². The Hall–Kier alpha value is -3.66. The summed E-state index contributed by atoms with van der Waals surface area (Å²) in [5.74, 6) is -1.32. The van der Waals surface area contributed by atoms with Crippen LogP contribution in [0.2, 0.25) is 0 Å². The molecule has 0 radical (unpaired) electrons. The van der Waals surface area contributed by atoms with Gasteiger partial charge in [0.15, 0.2) is 5.76 Å². The highest BCUT2D eigenvalue weighted by atomic mass is 32.2. The Balaban J connectivity index is 1.53. The molecule has 4 rings (SSSR count). The first kappa shape index (κ1) is 21.6. The molecule has 1 aliphatic rings. The molecule has 0 atom stereocenters. The van der Waals surface area contributed by atoms with Crippen molar-refractivity contribution < 1.29 is 26.8 Å². The molecule has 0 unspecified atom stereocenters. The predicted molar refractivity (Wildman–Crippen MR) is 115 cm³/mol. The molecule has 0 spiro atoms. The van der Waals surface area contributed by atoms with E-state index in [2.05, 4.69) is 10.0 Å². The highest BCUT2D eigenvalue weighted by molar-refractivity contribution is 7.92. The van der Waals surface area contributed by atoms with Gasteiger partial charge in [0, 0.05) is 25.7 Å². The third-order valence-corrected chi connectivity index (χ3v) is 6.43. The molecular formula is C22H20FN3O5S. The van der Waals surface area contributed by atoms with Gasteiger partial charge in [-0.1, -0.05) is 6.07 Å². The van der Waals surface area contributed by atoms with Crippen LogP contribution < -0.4 is 10.0 Å². The van der Waals surface area contributed by atoms with Gasteiger partial charge >= 0.3 is 0 Å². The quantitative estimate of drug-likeness (QED) is 0.611. The second-order valence-corrected chi connectivity index (χ2v) is 9.05. The molecule has 2 N–H and O–H groups in total. The van der Waals surface area contributed by atoms with Crippen LogP contribution in [0.1, 0.15) is 28.6 Å². The van der Waals surface area contributed by atoms with Crippen molar-refractivity contribution in [2.24, 2.45) is 0 Å². The number of carbonyl (C=O) groups excluding carboxylic acids is 2. The topological polar surface area (TPSA) is 109 Å². The number of furan rings is 1. The summed E-state index contributed by atoms with van der Waals surface area (Å²) in [6.45, 7) is 2.06. The van der Waals surface area contributed by atoms with E-state index in [1.165, 1.54) is 25.3 Å². The summed E-state index contributed by atoms with van der Waals surface area (Å²) in [5, 5.41) is 2.29. The van der Waals surface area contributed by atoms with E-state index in [9.17, 15) is 22.4 Å². The van der Waals surface area contributed by atoms with Crippen LogP contribution in [-0.4, -0.2) is 31.7 Å². The van der Waals surface area contributed by atoms with E-state index < -0.39 is 21.7 Å². The minimum absolute atomic E-state index is 0.105. The zero-order valence-electron chi connectivity index (χ0n) is 17.1. The van der Waals surface area contributed by atoms with Crippen molar-refractivity contribution in [1.29, 1.82) is 0 Å². The van der Waals surface area contributed by atoms with E-state index in [4.69, 9.17) is 4.42 Å². The molecule has 2 amide bonds. The lowest BCUT2D eigenvalue weighted by molar-refractivity contribution is -0.114. The highest BCUT2D eigenvalue weighted by Crippen LogP contribution is 2.26. The summed E-state index contributed by atoms with van der Waals surface area (Å²) >= 11 is 0. The molecule has 2 aromatic carbocycles. The van der Waals surface area contributed by atoms with Crippen LogP contribution in [-0.2, 0) is 27.8 Å². The summed E-state index contributed by atoms with van der Waals surface area (Å²) in [6.07, 6.45) is 2.06. The van der Waals surface area contributed by atoms with Crippen LogP contribution in [0.3, 0.4) is 0 Å². The van der Waals surface area contributed by atoms with Crippen molar-refractivity contribution in [3.63, 3.8) is 0 Å². The van der Waals surface area contributed by atoms with E-state index in [1.54, 1.807) is 29.2 Å². The summed E-state index contributed by atoms with van der Waals surface area (Å²) in [6, 6.07) is 11.6. The van der Waals surface area contributed by atoms with Crippen molar-refractivity contribution in [2.75, 3.05) is 16.6 Å². The van der Waals surface area contributed by atoms with E-state index in [0.29, 0.717) is 25.2 Å². The number of nitrogens with one attached hydrogen (secondary N) is 2. The van der Waals surface area contributed by atoms with Gasteiger partial charge in [0.05, 0.1) is 16.8 Å². The fourth-order valence-electron chi connectivity index (χ4n) is 3.52. The highest BCUT2D eigenvalue weighted by Gasteiger charge is 2.24. The van der Waals surface area contributed by atoms with Gasteiger partial charge in [0.1, 0.15) is 5.82 Å². The number of nitrogens with zero attached hydrogens (tertiary/aromatic N) is 1. The Morgan fingerprint density at radius 2 is 1.91 bits per heavy atom. The summed E-state index contributed by atoms with van der Waals surface area (Å²) in [4.78, 5) is 25.0. The van der Waals surface area contributed by atoms with E-state index in [0.717, 1.165) is 17.2 Å². The Kier molecular flexibility index (Phi) is 5.70. The average molecular weight is 457 g/mol. The Bertz CT molecular complexity index is 1290. The van der Waals surface area contributed by atoms with Gasteiger partial charge in [-0.2, -0.15) is 0 Å². The molecule has 1 aromatic heterocycles. The van der Waals surface area contributed by atoms with Gasteiger partial charge in [-0.25, -0.2) is 12.8 Å². The summed E-state index contributed by atoms with van der Waals surface area (Å²) in [5.41, 5.74) is 2.01. The van der Waals surface area contributed by atoms with Crippen LogP contribution in [0.4, 0.5) is 15.8 Å². The molecule has 2 heterocycles. The van der Waals surface area contributed by atoms with Gasteiger partial charge in [0.2, 0.25) is 5.91 Å². The number of hydrogen-bond acceptors (Lipinski definition) is 5. The molecule has 0 bridgehead atoms. The predicted octanol–water partition coefficient (Wildman–Crippen LogP) is 3.38. The normalized spacial score (nSPS) is 13.4. The number of amides is 2. The summed E-state index contributed by atoms with van der Waals surface area (Å²) in [7, 11) is -4.07. The van der Waals surface area contributed by atoms with Crippen molar-refractivity contribution in [3.05, 3.63) is 77.5 Å². The van der Waals surface area contributed by atoms with Gasteiger partial charge < -0.3 is 14.6 Å². The first-order valence-electron chi connectivity index (χ1n) is 9.77. The number of fused-ring (bicyclic) bond motifs is 1. The molecule has 8 nitrogen and oxygen atoms in total. The maximum Gasteiger partial charge on any atom is 0.289 e. The smallest absolute Gasteiger partial charge is 0.289 e. The maximum absolute atomic E-state index is 14.2. The Morgan fingerprint density at radius 1 is 1.09 bits per heavy atom. The minimum atomic E-state index is -4.07. The number of anilines is 2. The van der Waals surface area contributed by atoms with Crippen LogP contribution in [0.15, 0.2) is 64.1 Å². The molecule has 0 saturated carbocycles. The largest absolute Gasteiger partial charge is 0.459 e. The number of rotatable bonds is 5. The number of sulfonamides is 1. The van der Waals surface area contributed by atoms with E-state index in [-0.39, 0.29) is 22.3 Å². The second-order valence-electron chi connectivity index (χ2n) is 7.37. The minimum Gasteiger partial charge on any atom is -0.459 e. The first-order chi connectivity index (χ1) is 15.2. The third-order valence-electron chi connectivity index (χ3n) is 5.05. The monoisotopic (exact) mass is 457 g/mol. The van der Waals surface area contributed by atoms with Crippen molar-refractivity contribution in [1.82, 2.24) is 4.90 Å². The maximum atomic E-state index is 14.2. The summed E-state index contributed by atoms with van der Waals surface area (Å²) < 4.78 is 47.3. The molecule has 3 aromatic rings. The first-order valence-corrected chi connectivity index (χ1v) is 11.3. The number of benzene rings is 2. The average Bonchev–Trinajstić information content (AvgIpc) is 3.28. The van der Waals surface area contributed by atoms with Gasteiger partial charge in [-0.05, 0) is 60.0 Å². The molecule has 32 heavy (non-hydrogen) atoms. The van der Waals surface area contributed by atoms with Gasteiger partial charge in [-0.15, -0.1) is 0 Å². The zero-order valence-corrected chi connectivity index (χ0v) is 17.9. The molecule has 0 saturated heterocycles. The van der Waals surface area contributed by atoms with Crippen molar-refractivity contribution in [2.45, 2.75) is 24.8 Å². The van der Waals surface area contributed by atoms with Crippen LogP contribution >= 0.6 is 0 Å². The molecule has 10 heteroatoms. The lowest BCUT2D eigenvalue weighted by Crippen LogP contribution is -2.35. The molecule has 0 fully saturated rings. The second kappa shape index (κ2) is 8.46. The zero-order chi connectivity index (χ0) is 22.9. The molecular weight excluding hydrogens is 437 g/mol. The van der Waals surface area contributed by atoms with E-state index in [1.807, 2.05) is 6.07 Å². The fourth-order valence-corrected chi connectivity index (χ4v) is 4.58. The Morgan fingerprint density at radius 3 is 2.59 bits per heavy atom. The molecule has 166 valence electrons.